The predicted molar refractivity (Wildman–Crippen MR) is 136 cm³/mol. The number of halogens is 6. The third-order valence-electron chi connectivity index (χ3n) is 5.80. The van der Waals surface area contributed by atoms with Crippen molar-refractivity contribution in [3.8, 4) is 10.6 Å². The Kier molecular flexibility index (Phi) is 6.66. The molecule has 0 bridgehead atoms. The fourth-order valence-corrected chi connectivity index (χ4v) is 5.08. The number of rotatable bonds is 5. The molecule has 0 aliphatic rings. The highest BCUT2D eigenvalue weighted by atomic mass is 35.5. The number of thiophene rings is 1. The number of nitrogens with one attached hydrogen (secondary N) is 1. The molecule has 0 aliphatic carbocycles. The Morgan fingerprint density at radius 3 is 2.55 bits per heavy atom. The van der Waals surface area contributed by atoms with E-state index in [-0.39, 0.29) is 39.2 Å². The third kappa shape index (κ3) is 4.63. The second kappa shape index (κ2) is 9.68. The zero-order valence-corrected chi connectivity index (χ0v) is 21.9. The fourth-order valence-electron chi connectivity index (χ4n) is 3.93. The van der Waals surface area contributed by atoms with Crippen LogP contribution in [0.1, 0.15) is 33.1 Å². The van der Waals surface area contributed by atoms with Crippen LogP contribution in [0.3, 0.4) is 0 Å². The predicted octanol–water partition coefficient (Wildman–Crippen LogP) is 7.04. The Balaban J connectivity index is 1.52. The molecular formula is C24H16Cl2F4N6OS. The molecule has 5 rings (SSSR count). The highest BCUT2D eigenvalue weighted by Gasteiger charge is 2.37. The van der Waals surface area contributed by atoms with Crippen molar-refractivity contribution in [3.63, 3.8) is 0 Å². The van der Waals surface area contributed by atoms with Gasteiger partial charge in [0, 0.05) is 10.6 Å². The smallest absolute Gasteiger partial charge is 0.317 e. The molecule has 5 aromatic rings. The summed E-state index contributed by atoms with van der Waals surface area (Å²) in [5.74, 6) is -1.37. The first-order valence-electron chi connectivity index (χ1n) is 10.9. The van der Waals surface area contributed by atoms with Gasteiger partial charge in [-0.15, -0.1) is 11.3 Å². The molecule has 0 fully saturated rings. The topological polar surface area (TPSA) is 77.1 Å². The molecule has 196 valence electrons. The first-order valence-corrected chi connectivity index (χ1v) is 12.6. The van der Waals surface area contributed by atoms with E-state index in [4.69, 9.17) is 23.2 Å². The molecule has 1 amide bonds. The van der Waals surface area contributed by atoms with Crippen molar-refractivity contribution < 1.29 is 22.4 Å². The van der Waals surface area contributed by atoms with Crippen LogP contribution < -0.4 is 5.32 Å². The molecule has 7 nitrogen and oxygen atoms in total. The summed E-state index contributed by atoms with van der Waals surface area (Å²) in [4.78, 5) is 17.9. The van der Waals surface area contributed by atoms with Crippen LogP contribution in [-0.2, 0) is 12.7 Å². The highest BCUT2D eigenvalue weighted by Crippen LogP contribution is 2.36. The molecule has 1 aromatic carbocycles. The molecule has 0 radical (unpaired) electrons. The Hall–Kier alpha value is -3.48. The fraction of sp³-hybridized carbons (Fsp3) is 0.167. The maximum Gasteiger partial charge on any atom is 0.433 e. The van der Waals surface area contributed by atoms with Gasteiger partial charge in [-0.2, -0.15) is 23.4 Å². The van der Waals surface area contributed by atoms with Gasteiger partial charge >= 0.3 is 6.18 Å². The molecule has 0 atom stereocenters. The summed E-state index contributed by atoms with van der Waals surface area (Å²) in [6.07, 6.45) is -4.79. The van der Waals surface area contributed by atoms with E-state index >= 15 is 0 Å². The molecule has 14 heteroatoms. The van der Waals surface area contributed by atoms with E-state index in [0.29, 0.717) is 20.8 Å². The minimum atomic E-state index is -4.79. The van der Waals surface area contributed by atoms with Crippen molar-refractivity contribution in [1.82, 2.24) is 24.4 Å². The van der Waals surface area contributed by atoms with E-state index < -0.39 is 29.3 Å². The molecule has 0 aliphatic heterocycles. The largest absolute Gasteiger partial charge is 0.433 e. The molecule has 0 spiro atoms. The monoisotopic (exact) mass is 582 g/mol. The second-order valence-corrected chi connectivity index (χ2v) is 9.99. The SMILES string of the molecule is Cc1nn(Cc2c(F)cccc2Cl)c(C)c1NC(=O)c1nn2c(C(F)(F)F)cc(-c3cccs3)nc2c1Cl. The maximum atomic E-state index is 14.3. The standard InChI is InChI=1S/C24H16Cl2F4N6OS/c1-11-20(12(2)35(33-11)10-13-14(25)5-3-6-15(13)27)32-23(37)21-19(26)22-31-16(17-7-4-8-38-17)9-18(24(28,29)30)36(22)34-21/h3-9H,10H2,1-2H3,(H,32,37). The van der Waals surface area contributed by atoms with E-state index in [0.717, 1.165) is 6.07 Å². The number of fused-ring (bicyclic) bond motifs is 1. The van der Waals surface area contributed by atoms with Gasteiger partial charge in [-0.1, -0.05) is 35.3 Å². The zero-order valence-electron chi connectivity index (χ0n) is 19.6. The van der Waals surface area contributed by atoms with Crippen molar-refractivity contribution in [2.75, 3.05) is 5.32 Å². The third-order valence-corrected chi connectivity index (χ3v) is 7.40. The summed E-state index contributed by atoms with van der Waals surface area (Å²) in [6.45, 7) is 3.25. The number of nitrogens with zero attached hydrogens (tertiary/aromatic N) is 5. The van der Waals surface area contributed by atoms with Crippen LogP contribution >= 0.6 is 34.5 Å². The van der Waals surface area contributed by atoms with Gasteiger partial charge in [-0.25, -0.2) is 13.9 Å². The summed E-state index contributed by atoms with van der Waals surface area (Å²) in [5.41, 5.74) is -0.499. The lowest BCUT2D eigenvalue weighted by atomic mass is 10.2. The number of hydrogen-bond donors (Lipinski definition) is 1. The summed E-state index contributed by atoms with van der Waals surface area (Å²) >= 11 is 13.7. The van der Waals surface area contributed by atoms with Gasteiger partial charge in [-0.3, -0.25) is 9.48 Å². The van der Waals surface area contributed by atoms with Crippen LogP contribution in [0.2, 0.25) is 10.0 Å². The van der Waals surface area contributed by atoms with Gasteiger partial charge in [0.25, 0.3) is 5.91 Å². The molecule has 0 unspecified atom stereocenters. The number of anilines is 1. The van der Waals surface area contributed by atoms with Crippen LogP contribution in [-0.4, -0.2) is 30.3 Å². The molecule has 0 saturated heterocycles. The molecule has 4 aromatic heterocycles. The number of aryl methyl sites for hydroxylation is 1. The van der Waals surface area contributed by atoms with Crippen LogP contribution in [0.4, 0.5) is 23.2 Å². The quantitative estimate of drug-likeness (QED) is 0.225. The first-order chi connectivity index (χ1) is 18.0. The Labute approximate surface area is 226 Å². The average Bonchev–Trinajstić information content (AvgIpc) is 3.56. The van der Waals surface area contributed by atoms with Gasteiger partial charge in [0.2, 0.25) is 0 Å². The Bertz CT molecular complexity index is 1670. The minimum Gasteiger partial charge on any atom is -0.317 e. The summed E-state index contributed by atoms with van der Waals surface area (Å²) in [6, 6.07) is 8.46. The van der Waals surface area contributed by atoms with E-state index in [2.05, 4.69) is 20.5 Å². The number of carbonyl (C=O) groups excluding carboxylic acids is 1. The van der Waals surface area contributed by atoms with Crippen molar-refractivity contribution >= 4 is 51.8 Å². The van der Waals surface area contributed by atoms with Gasteiger partial charge in [0.15, 0.2) is 17.0 Å². The number of hydrogen-bond acceptors (Lipinski definition) is 5. The lowest BCUT2D eigenvalue weighted by Crippen LogP contribution is -2.16. The minimum absolute atomic E-state index is 0.00642. The van der Waals surface area contributed by atoms with E-state index in [1.165, 1.54) is 28.2 Å². The maximum absolute atomic E-state index is 14.3. The second-order valence-electron chi connectivity index (χ2n) is 8.26. The van der Waals surface area contributed by atoms with Crippen LogP contribution in [0.15, 0.2) is 41.8 Å². The Morgan fingerprint density at radius 1 is 1.13 bits per heavy atom. The molecular weight excluding hydrogens is 567 g/mol. The van der Waals surface area contributed by atoms with Gasteiger partial charge < -0.3 is 5.32 Å². The van der Waals surface area contributed by atoms with Gasteiger partial charge in [-0.05, 0) is 43.5 Å². The highest BCUT2D eigenvalue weighted by molar-refractivity contribution is 7.13. The number of aromatic nitrogens is 5. The first kappa shape index (κ1) is 26.1. The number of alkyl halides is 3. The normalized spacial score (nSPS) is 11.9. The molecule has 1 N–H and O–H groups in total. The van der Waals surface area contributed by atoms with Crippen molar-refractivity contribution in [2.24, 2.45) is 0 Å². The van der Waals surface area contributed by atoms with Gasteiger partial charge in [0.05, 0.1) is 34.2 Å². The van der Waals surface area contributed by atoms with Crippen LogP contribution in [0.5, 0.6) is 0 Å². The van der Waals surface area contributed by atoms with Crippen molar-refractivity contribution in [3.05, 3.63) is 86.0 Å². The number of amides is 1. The van der Waals surface area contributed by atoms with E-state index in [9.17, 15) is 22.4 Å². The number of carbonyl (C=O) groups is 1. The average molecular weight is 583 g/mol. The summed E-state index contributed by atoms with van der Waals surface area (Å²) < 4.78 is 57.9. The van der Waals surface area contributed by atoms with Gasteiger partial charge in [0.1, 0.15) is 10.8 Å². The van der Waals surface area contributed by atoms with Crippen molar-refractivity contribution in [1.29, 1.82) is 0 Å². The lowest BCUT2D eigenvalue weighted by molar-refractivity contribution is -0.142. The molecule has 0 saturated carbocycles. The van der Waals surface area contributed by atoms with E-state index in [1.54, 1.807) is 37.4 Å². The van der Waals surface area contributed by atoms with E-state index in [1.807, 2.05) is 0 Å². The van der Waals surface area contributed by atoms with Crippen molar-refractivity contribution in [2.45, 2.75) is 26.6 Å². The zero-order chi connectivity index (χ0) is 27.4. The summed E-state index contributed by atoms with van der Waals surface area (Å²) in [7, 11) is 0. The number of benzene rings is 1. The lowest BCUT2D eigenvalue weighted by Gasteiger charge is -2.10. The summed E-state index contributed by atoms with van der Waals surface area (Å²) in [5, 5.41) is 12.4. The molecule has 38 heavy (non-hydrogen) atoms. The van der Waals surface area contributed by atoms with Crippen LogP contribution in [0.25, 0.3) is 16.2 Å². The Morgan fingerprint density at radius 2 is 1.89 bits per heavy atom. The van der Waals surface area contributed by atoms with Crippen LogP contribution in [0, 0.1) is 19.7 Å². The molecule has 4 heterocycles.